The summed E-state index contributed by atoms with van der Waals surface area (Å²) < 4.78 is 11.0. The molecule has 2 heterocycles. The van der Waals surface area contributed by atoms with Crippen LogP contribution >= 0.6 is 23.2 Å². The molecule has 210 valence electrons. The number of anilines is 4. The molecular weight excluding hydrogens is 557 g/mol. The second kappa shape index (κ2) is 12.5. The first-order chi connectivity index (χ1) is 19.9. The van der Waals surface area contributed by atoms with Crippen LogP contribution in [0.2, 0.25) is 10.0 Å². The Kier molecular flexibility index (Phi) is 8.67. The summed E-state index contributed by atoms with van der Waals surface area (Å²) in [4.78, 5) is 9.74. The minimum atomic E-state index is 0.353. The summed E-state index contributed by atoms with van der Waals surface area (Å²) in [6.45, 7) is 2.73. The molecule has 0 amide bonds. The molecule has 9 heteroatoms. The molecule has 0 spiro atoms. The average Bonchev–Trinajstić information content (AvgIpc) is 2.99. The summed E-state index contributed by atoms with van der Waals surface area (Å²) in [6, 6.07) is 22.0. The van der Waals surface area contributed by atoms with Crippen molar-refractivity contribution in [3.8, 4) is 22.8 Å². The number of nitrogens with one attached hydrogen (secondary N) is 3. The van der Waals surface area contributed by atoms with Crippen LogP contribution in [0.15, 0.2) is 72.9 Å². The van der Waals surface area contributed by atoms with E-state index in [1.807, 2.05) is 55.7 Å². The van der Waals surface area contributed by atoms with Crippen LogP contribution in [0.25, 0.3) is 22.0 Å². The zero-order valence-electron chi connectivity index (χ0n) is 23.3. The van der Waals surface area contributed by atoms with Gasteiger partial charge in [0.05, 0.1) is 41.3 Å². The molecule has 5 aromatic rings. The van der Waals surface area contributed by atoms with Crippen LogP contribution < -0.4 is 25.4 Å². The average molecular weight is 589 g/mol. The van der Waals surface area contributed by atoms with E-state index in [0.29, 0.717) is 51.0 Å². The second-order valence-corrected chi connectivity index (χ2v) is 10.2. The highest BCUT2D eigenvalue weighted by Gasteiger charge is 2.21. The fourth-order valence-corrected chi connectivity index (χ4v) is 5.42. The van der Waals surface area contributed by atoms with Crippen molar-refractivity contribution < 1.29 is 9.47 Å². The monoisotopic (exact) mass is 587 g/mol. The fraction of sp³-hybridized carbons (Fsp3) is 0.188. The number of pyridine rings is 2. The number of methoxy groups -OCH3 is 2. The number of aromatic nitrogens is 2. The predicted molar refractivity (Wildman–Crippen MR) is 171 cm³/mol. The van der Waals surface area contributed by atoms with Crippen LogP contribution in [0, 0.1) is 6.92 Å². The van der Waals surface area contributed by atoms with Crippen molar-refractivity contribution >= 4 is 57.0 Å². The Hall–Kier alpha value is -4.20. The van der Waals surface area contributed by atoms with Crippen LogP contribution in [0.4, 0.5) is 23.0 Å². The number of para-hydroxylation sites is 1. The zero-order valence-corrected chi connectivity index (χ0v) is 24.8. The number of rotatable bonds is 10. The summed E-state index contributed by atoms with van der Waals surface area (Å²) >= 11 is 13.5. The third-order valence-electron chi connectivity index (χ3n) is 6.89. The summed E-state index contributed by atoms with van der Waals surface area (Å²) in [5.74, 6) is 2.27. The molecule has 0 aliphatic heterocycles. The van der Waals surface area contributed by atoms with Crippen molar-refractivity contribution in [2.24, 2.45) is 0 Å². The molecular formula is C32H31Cl2N5O2. The van der Waals surface area contributed by atoms with Gasteiger partial charge < -0.3 is 25.4 Å². The normalized spacial score (nSPS) is 10.9. The van der Waals surface area contributed by atoms with Gasteiger partial charge in [0.15, 0.2) is 0 Å². The Morgan fingerprint density at radius 1 is 0.878 bits per heavy atom. The van der Waals surface area contributed by atoms with Crippen molar-refractivity contribution in [2.45, 2.75) is 13.3 Å². The number of ether oxygens (including phenoxy) is 2. The predicted octanol–water partition coefficient (Wildman–Crippen LogP) is 8.37. The van der Waals surface area contributed by atoms with Crippen molar-refractivity contribution in [3.05, 3.63) is 94.1 Å². The summed E-state index contributed by atoms with van der Waals surface area (Å²) in [5.41, 5.74) is 5.38. The molecule has 0 radical (unpaired) electrons. The fourth-order valence-electron chi connectivity index (χ4n) is 4.73. The molecule has 41 heavy (non-hydrogen) atoms. The lowest BCUT2D eigenvalue weighted by Crippen LogP contribution is -2.08. The first-order valence-electron chi connectivity index (χ1n) is 13.2. The molecule has 0 saturated heterocycles. The molecule has 3 N–H and O–H groups in total. The van der Waals surface area contributed by atoms with Gasteiger partial charge in [0.1, 0.15) is 23.1 Å². The quantitative estimate of drug-likeness (QED) is 0.151. The number of fused-ring (bicyclic) bond motifs is 1. The summed E-state index contributed by atoms with van der Waals surface area (Å²) in [7, 11) is 5.00. The van der Waals surface area contributed by atoms with Gasteiger partial charge in [-0.15, -0.1) is 0 Å². The third-order valence-corrected chi connectivity index (χ3v) is 7.64. The summed E-state index contributed by atoms with van der Waals surface area (Å²) in [6.07, 6.45) is 2.65. The number of hydrogen-bond acceptors (Lipinski definition) is 7. The van der Waals surface area contributed by atoms with Crippen LogP contribution in [0.3, 0.4) is 0 Å². The summed E-state index contributed by atoms with van der Waals surface area (Å²) in [5, 5.41) is 12.7. The smallest absolute Gasteiger partial charge is 0.141 e. The first kappa shape index (κ1) is 28.3. The van der Waals surface area contributed by atoms with Crippen molar-refractivity contribution in [2.75, 3.05) is 43.8 Å². The lowest BCUT2D eigenvalue weighted by molar-refractivity contribution is 0.395. The zero-order chi connectivity index (χ0) is 28.9. The number of aryl methyl sites for hydroxylation is 1. The van der Waals surface area contributed by atoms with Gasteiger partial charge in [0, 0.05) is 42.2 Å². The van der Waals surface area contributed by atoms with E-state index < -0.39 is 0 Å². The van der Waals surface area contributed by atoms with Crippen LogP contribution in [-0.4, -0.2) is 37.8 Å². The van der Waals surface area contributed by atoms with E-state index in [4.69, 9.17) is 42.6 Å². The van der Waals surface area contributed by atoms with E-state index in [9.17, 15) is 0 Å². The highest BCUT2D eigenvalue weighted by atomic mass is 35.5. The number of benzene rings is 3. The molecule has 0 atom stereocenters. The Morgan fingerprint density at radius 2 is 1.61 bits per heavy atom. The first-order valence-corrected chi connectivity index (χ1v) is 13.9. The Morgan fingerprint density at radius 3 is 2.29 bits per heavy atom. The minimum Gasteiger partial charge on any atom is -0.495 e. The molecule has 0 aliphatic carbocycles. The maximum Gasteiger partial charge on any atom is 0.141 e. The van der Waals surface area contributed by atoms with Crippen molar-refractivity contribution in [1.29, 1.82) is 0 Å². The van der Waals surface area contributed by atoms with Crippen LogP contribution in [-0.2, 0) is 6.42 Å². The number of halogens is 2. The molecule has 2 aromatic heterocycles. The van der Waals surface area contributed by atoms with E-state index in [1.54, 1.807) is 20.3 Å². The Labute approximate surface area is 249 Å². The van der Waals surface area contributed by atoms with Crippen LogP contribution in [0.5, 0.6) is 11.5 Å². The van der Waals surface area contributed by atoms with Gasteiger partial charge in [0.25, 0.3) is 0 Å². The second-order valence-electron chi connectivity index (χ2n) is 9.47. The number of nitrogens with zero attached hydrogens (tertiary/aromatic N) is 2. The van der Waals surface area contributed by atoms with Crippen molar-refractivity contribution in [3.63, 3.8) is 0 Å². The Bertz CT molecular complexity index is 1670. The van der Waals surface area contributed by atoms with Gasteiger partial charge in [-0.25, -0.2) is 9.97 Å². The third kappa shape index (κ3) is 5.97. The standard InChI is InChI=1S/C32H31Cl2N5O2/c1-19-9-8-12-23(35-2)31(19)39-27-16-22-21(18-37-27)15-24(28-29(33)25(40-3)17-26(41-4)30(28)34)38-32(22)36-14-13-20-10-6-5-7-11-20/h5-12,15-18,35H,13-14H2,1-4H3,(H,36,38)(H,37,39). The van der Waals surface area contributed by atoms with E-state index in [1.165, 1.54) is 5.56 Å². The highest BCUT2D eigenvalue weighted by molar-refractivity contribution is 6.41. The van der Waals surface area contributed by atoms with Crippen molar-refractivity contribution in [1.82, 2.24) is 9.97 Å². The van der Waals surface area contributed by atoms with Gasteiger partial charge in [-0.05, 0) is 42.7 Å². The molecule has 3 aromatic carbocycles. The van der Waals surface area contributed by atoms with E-state index in [0.717, 1.165) is 34.1 Å². The van der Waals surface area contributed by atoms with Gasteiger partial charge in [-0.2, -0.15) is 0 Å². The highest BCUT2D eigenvalue weighted by Crippen LogP contribution is 2.46. The number of hydrogen-bond donors (Lipinski definition) is 3. The Balaban J connectivity index is 1.61. The van der Waals surface area contributed by atoms with E-state index in [-0.39, 0.29) is 0 Å². The largest absolute Gasteiger partial charge is 0.495 e. The van der Waals surface area contributed by atoms with E-state index in [2.05, 4.69) is 41.1 Å². The lowest BCUT2D eigenvalue weighted by atomic mass is 10.1. The SMILES string of the molecule is CNc1cccc(C)c1Nc1cc2c(NCCc3ccccc3)nc(-c3c(Cl)c(OC)cc(OC)c3Cl)cc2cn1. The maximum atomic E-state index is 6.77. The molecule has 0 bridgehead atoms. The lowest BCUT2D eigenvalue weighted by Gasteiger charge is -2.18. The molecule has 0 fully saturated rings. The topological polar surface area (TPSA) is 80.3 Å². The van der Waals surface area contributed by atoms with Gasteiger partial charge in [-0.3, -0.25) is 0 Å². The van der Waals surface area contributed by atoms with Gasteiger partial charge >= 0.3 is 0 Å². The molecule has 0 unspecified atom stereocenters. The van der Waals surface area contributed by atoms with Gasteiger partial charge in [0.2, 0.25) is 0 Å². The van der Waals surface area contributed by atoms with E-state index >= 15 is 0 Å². The molecule has 7 nitrogen and oxygen atoms in total. The molecule has 0 aliphatic rings. The molecule has 0 saturated carbocycles. The molecule has 5 rings (SSSR count). The minimum absolute atomic E-state index is 0.353. The van der Waals surface area contributed by atoms with Crippen LogP contribution in [0.1, 0.15) is 11.1 Å². The van der Waals surface area contributed by atoms with Gasteiger partial charge in [-0.1, -0.05) is 65.7 Å². The maximum absolute atomic E-state index is 6.77.